The van der Waals surface area contributed by atoms with Gasteiger partial charge in [-0.05, 0) is 55.5 Å². The Kier molecular flexibility index (Phi) is 5.69. The van der Waals surface area contributed by atoms with Gasteiger partial charge in [0.25, 0.3) is 0 Å². The maximum absolute atomic E-state index is 3.72. The number of hydrogen-bond donors (Lipinski definition) is 1. The number of anilines is 1. The lowest BCUT2D eigenvalue weighted by molar-refractivity contribution is 0.194. The van der Waals surface area contributed by atoms with Gasteiger partial charge in [0.1, 0.15) is 0 Å². The van der Waals surface area contributed by atoms with Gasteiger partial charge >= 0.3 is 0 Å². The molecule has 1 aliphatic heterocycles. The van der Waals surface area contributed by atoms with Crippen LogP contribution < -0.4 is 5.32 Å². The van der Waals surface area contributed by atoms with E-state index in [9.17, 15) is 0 Å². The van der Waals surface area contributed by atoms with Crippen LogP contribution in [0.1, 0.15) is 69.9 Å². The average molecular weight is 288 g/mol. The van der Waals surface area contributed by atoms with Crippen LogP contribution in [0.3, 0.4) is 0 Å². The van der Waals surface area contributed by atoms with Crippen LogP contribution in [0.2, 0.25) is 0 Å². The highest BCUT2D eigenvalue weighted by Crippen LogP contribution is 2.28. The van der Waals surface area contributed by atoms with Gasteiger partial charge < -0.3 is 10.2 Å². The Balaban J connectivity index is 2.08. The van der Waals surface area contributed by atoms with E-state index in [1.807, 2.05) is 0 Å². The fraction of sp³-hybridized carbons (Fsp3) is 0.684. The molecule has 0 spiro atoms. The lowest BCUT2D eigenvalue weighted by Crippen LogP contribution is -2.40. The first-order chi connectivity index (χ1) is 9.99. The highest BCUT2D eigenvalue weighted by atomic mass is 15.2. The molecule has 1 N–H and O–H groups in total. The van der Waals surface area contributed by atoms with Gasteiger partial charge in [0, 0.05) is 18.3 Å². The fourth-order valence-electron chi connectivity index (χ4n) is 3.21. The third-order valence-electron chi connectivity index (χ3n) is 4.81. The SMILES string of the molecule is CC(C)c1ccc(NCC2CCCCN2C)c(C(C)C)c1. The maximum Gasteiger partial charge on any atom is 0.0376 e. The molecule has 1 atom stereocenters. The molecule has 2 nitrogen and oxygen atoms in total. The predicted octanol–water partition coefficient (Wildman–Crippen LogP) is 4.83. The molecule has 0 bridgehead atoms. The van der Waals surface area contributed by atoms with Crippen LogP contribution in [-0.4, -0.2) is 31.1 Å². The van der Waals surface area contributed by atoms with Gasteiger partial charge in [-0.3, -0.25) is 0 Å². The summed E-state index contributed by atoms with van der Waals surface area (Å²) in [6.07, 6.45) is 4.05. The molecule has 1 heterocycles. The Morgan fingerprint density at radius 3 is 2.52 bits per heavy atom. The Morgan fingerprint density at radius 1 is 1.14 bits per heavy atom. The molecule has 1 aromatic rings. The molecule has 1 aromatic carbocycles. The molecule has 1 aliphatic rings. The Bertz CT molecular complexity index is 451. The standard InChI is InChI=1S/C19H32N2/c1-14(2)16-9-10-19(18(12-16)15(3)4)20-13-17-8-6-7-11-21(17)5/h9-10,12,14-15,17,20H,6-8,11,13H2,1-5H3. The maximum atomic E-state index is 3.72. The predicted molar refractivity (Wildman–Crippen MR) is 93.4 cm³/mol. The molecule has 118 valence electrons. The van der Waals surface area contributed by atoms with Gasteiger partial charge in [0.15, 0.2) is 0 Å². The Hall–Kier alpha value is -1.02. The van der Waals surface area contributed by atoms with Crippen LogP contribution in [0.25, 0.3) is 0 Å². The zero-order chi connectivity index (χ0) is 15.4. The minimum Gasteiger partial charge on any atom is -0.383 e. The summed E-state index contributed by atoms with van der Waals surface area (Å²) < 4.78 is 0. The number of rotatable bonds is 5. The van der Waals surface area contributed by atoms with Gasteiger partial charge in [0.2, 0.25) is 0 Å². The monoisotopic (exact) mass is 288 g/mol. The summed E-state index contributed by atoms with van der Waals surface area (Å²) >= 11 is 0. The van der Waals surface area contributed by atoms with E-state index in [1.165, 1.54) is 42.6 Å². The van der Waals surface area contributed by atoms with Crippen molar-refractivity contribution in [1.29, 1.82) is 0 Å². The summed E-state index contributed by atoms with van der Waals surface area (Å²) in [5, 5.41) is 3.72. The highest BCUT2D eigenvalue weighted by molar-refractivity contribution is 5.54. The molecule has 0 aliphatic carbocycles. The van der Waals surface area contributed by atoms with Crippen molar-refractivity contribution in [1.82, 2.24) is 4.90 Å². The zero-order valence-corrected chi connectivity index (χ0v) is 14.4. The van der Waals surface area contributed by atoms with E-state index in [1.54, 1.807) is 0 Å². The van der Waals surface area contributed by atoms with Gasteiger partial charge in [-0.2, -0.15) is 0 Å². The van der Waals surface area contributed by atoms with Crippen molar-refractivity contribution < 1.29 is 0 Å². The van der Waals surface area contributed by atoms with E-state index < -0.39 is 0 Å². The van der Waals surface area contributed by atoms with Crippen molar-refractivity contribution >= 4 is 5.69 Å². The summed E-state index contributed by atoms with van der Waals surface area (Å²) in [5.41, 5.74) is 4.23. The molecule has 1 unspecified atom stereocenters. The van der Waals surface area contributed by atoms with E-state index in [4.69, 9.17) is 0 Å². The third kappa shape index (κ3) is 4.23. The van der Waals surface area contributed by atoms with Crippen molar-refractivity contribution in [2.24, 2.45) is 0 Å². The number of nitrogens with zero attached hydrogens (tertiary/aromatic N) is 1. The summed E-state index contributed by atoms with van der Waals surface area (Å²) in [5.74, 6) is 1.16. The Labute approximate surface area is 130 Å². The minimum absolute atomic E-state index is 0.565. The molecule has 0 aromatic heterocycles. The molecule has 1 fully saturated rings. The first-order valence-corrected chi connectivity index (χ1v) is 8.57. The smallest absolute Gasteiger partial charge is 0.0376 e. The number of likely N-dealkylation sites (N-methyl/N-ethyl adjacent to an activating group) is 1. The number of nitrogens with one attached hydrogen (secondary N) is 1. The fourth-order valence-corrected chi connectivity index (χ4v) is 3.21. The summed E-state index contributed by atoms with van der Waals surface area (Å²) in [6, 6.07) is 7.64. The Morgan fingerprint density at radius 2 is 1.90 bits per heavy atom. The van der Waals surface area contributed by atoms with Gasteiger partial charge in [0.05, 0.1) is 0 Å². The van der Waals surface area contributed by atoms with Crippen molar-refractivity contribution in [3.05, 3.63) is 29.3 Å². The lowest BCUT2D eigenvalue weighted by atomic mass is 9.94. The van der Waals surface area contributed by atoms with Crippen LogP contribution in [0, 0.1) is 0 Å². The largest absolute Gasteiger partial charge is 0.383 e. The van der Waals surface area contributed by atoms with Gasteiger partial charge in [-0.1, -0.05) is 46.2 Å². The first kappa shape index (κ1) is 16.4. The summed E-state index contributed by atoms with van der Waals surface area (Å²) in [4.78, 5) is 2.51. The number of likely N-dealkylation sites (tertiary alicyclic amines) is 1. The molecular weight excluding hydrogens is 256 g/mol. The third-order valence-corrected chi connectivity index (χ3v) is 4.81. The van der Waals surface area contributed by atoms with Crippen LogP contribution in [0.15, 0.2) is 18.2 Å². The van der Waals surface area contributed by atoms with Gasteiger partial charge in [-0.25, -0.2) is 0 Å². The zero-order valence-electron chi connectivity index (χ0n) is 14.4. The molecule has 21 heavy (non-hydrogen) atoms. The normalized spacial score (nSPS) is 20.2. The van der Waals surface area contributed by atoms with Gasteiger partial charge in [-0.15, -0.1) is 0 Å². The van der Waals surface area contributed by atoms with E-state index >= 15 is 0 Å². The topological polar surface area (TPSA) is 15.3 Å². The van der Waals surface area contributed by atoms with Crippen LogP contribution in [-0.2, 0) is 0 Å². The van der Waals surface area contributed by atoms with E-state index in [0.29, 0.717) is 17.9 Å². The lowest BCUT2D eigenvalue weighted by Gasteiger charge is -2.33. The summed E-state index contributed by atoms with van der Waals surface area (Å²) in [6.45, 7) is 11.4. The van der Waals surface area contributed by atoms with E-state index in [-0.39, 0.29) is 0 Å². The minimum atomic E-state index is 0.565. The number of hydrogen-bond acceptors (Lipinski definition) is 2. The van der Waals surface area contributed by atoms with Crippen molar-refractivity contribution in [3.8, 4) is 0 Å². The first-order valence-electron chi connectivity index (χ1n) is 8.57. The van der Waals surface area contributed by atoms with Crippen molar-refractivity contribution in [2.45, 2.75) is 64.8 Å². The highest BCUT2D eigenvalue weighted by Gasteiger charge is 2.19. The van der Waals surface area contributed by atoms with Crippen LogP contribution in [0.4, 0.5) is 5.69 Å². The molecule has 1 saturated heterocycles. The molecule has 0 amide bonds. The number of piperidine rings is 1. The summed E-state index contributed by atoms with van der Waals surface area (Å²) in [7, 11) is 2.26. The molecule has 2 heteroatoms. The number of benzene rings is 1. The van der Waals surface area contributed by atoms with Crippen LogP contribution in [0.5, 0.6) is 0 Å². The molecular formula is C19H32N2. The average Bonchev–Trinajstić information content (AvgIpc) is 2.46. The molecule has 2 rings (SSSR count). The second kappa shape index (κ2) is 7.31. The van der Waals surface area contributed by atoms with E-state index in [0.717, 1.165) is 6.54 Å². The van der Waals surface area contributed by atoms with Crippen LogP contribution >= 0.6 is 0 Å². The van der Waals surface area contributed by atoms with Crippen molar-refractivity contribution in [3.63, 3.8) is 0 Å². The molecule has 0 radical (unpaired) electrons. The quantitative estimate of drug-likeness (QED) is 0.835. The van der Waals surface area contributed by atoms with E-state index in [2.05, 4.69) is 63.2 Å². The second-order valence-corrected chi connectivity index (χ2v) is 7.17. The second-order valence-electron chi connectivity index (χ2n) is 7.17. The van der Waals surface area contributed by atoms with Crippen molar-refractivity contribution in [2.75, 3.05) is 25.5 Å². The molecule has 0 saturated carbocycles.